The Morgan fingerprint density at radius 1 is 1.55 bits per heavy atom. The second kappa shape index (κ2) is 5.43. The minimum absolute atomic E-state index is 0.0288. The topological polar surface area (TPSA) is 105 Å². The van der Waals surface area contributed by atoms with Gasteiger partial charge in [0.2, 0.25) is 5.91 Å². The molecule has 8 heteroatoms. The first kappa shape index (κ1) is 12.8. The van der Waals surface area contributed by atoms with Crippen LogP contribution >= 0.6 is 0 Å². The number of likely N-dealkylation sites (tertiary alicyclic amines) is 1. The second-order valence-corrected chi connectivity index (χ2v) is 4.62. The van der Waals surface area contributed by atoms with Crippen molar-refractivity contribution < 1.29 is 18.7 Å². The van der Waals surface area contributed by atoms with Gasteiger partial charge >= 0.3 is 6.01 Å². The standard InChI is InChI=1S/C12H14N4O4/c17-8-3-4-16(6-8)7-10(18)13-12-15-14-11(20-12)9-2-1-5-19-9/h1-2,5,8,17H,3-4,6-7H2,(H,13,15,18). The Kier molecular flexibility index (Phi) is 3.48. The Morgan fingerprint density at radius 2 is 2.45 bits per heavy atom. The van der Waals surface area contributed by atoms with Crippen LogP contribution < -0.4 is 5.32 Å². The third kappa shape index (κ3) is 2.86. The van der Waals surface area contributed by atoms with Gasteiger partial charge in [0, 0.05) is 13.1 Å². The van der Waals surface area contributed by atoms with Crippen molar-refractivity contribution in [1.29, 1.82) is 0 Å². The highest BCUT2D eigenvalue weighted by molar-refractivity contribution is 5.90. The summed E-state index contributed by atoms with van der Waals surface area (Å²) in [4.78, 5) is 13.7. The van der Waals surface area contributed by atoms with Gasteiger partial charge in [-0.15, -0.1) is 5.10 Å². The van der Waals surface area contributed by atoms with E-state index < -0.39 is 0 Å². The molecule has 1 amide bonds. The molecule has 0 aliphatic carbocycles. The molecule has 3 rings (SSSR count). The number of furan rings is 1. The van der Waals surface area contributed by atoms with Crippen molar-refractivity contribution in [3.05, 3.63) is 18.4 Å². The highest BCUT2D eigenvalue weighted by Gasteiger charge is 2.22. The fourth-order valence-electron chi connectivity index (χ4n) is 2.09. The summed E-state index contributed by atoms with van der Waals surface area (Å²) in [5.74, 6) is 0.399. The van der Waals surface area contributed by atoms with Gasteiger partial charge in [0.1, 0.15) is 0 Å². The van der Waals surface area contributed by atoms with Crippen molar-refractivity contribution in [3.8, 4) is 11.7 Å². The van der Waals surface area contributed by atoms with E-state index in [1.54, 1.807) is 12.1 Å². The first-order valence-corrected chi connectivity index (χ1v) is 6.28. The Hall–Kier alpha value is -2.19. The number of carbonyl (C=O) groups is 1. The number of aromatic nitrogens is 2. The highest BCUT2D eigenvalue weighted by Crippen LogP contribution is 2.19. The van der Waals surface area contributed by atoms with Crippen LogP contribution in [0.1, 0.15) is 6.42 Å². The average Bonchev–Trinajstić information content (AvgIpc) is 3.10. The largest absolute Gasteiger partial charge is 0.459 e. The van der Waals surface area contributed by atoms with Crippen molar-refractivity contribution in [2.75, 3.05) is 25.0 Å². The van der Waals surface area contributed by atoms with Crippen molar-refractivity contribution in [2.45, 2.75) is 12.5 Å². The molecule has 1 atom stereocenters. The number of hydrogen-bond acceptors (Lipinski definition) is 7. The molecular formula is C12H14N4O4. The Labute approximate surface area is 114 Å². The number of carbonyl (C=O) groups excluding carboxylic acids is 1. The Morgan fingerprint density at radius 3 is 3.15 bits per heavy atom. The molecule has 1 unspecified atom stereocenters. The molecule has 2 aromatic rings. The minimum atomic E-state index is -0.350. The van der Waals surface area contributed by atoms with E-state index in [1.165, 1.54) is 6.26 Å². The third-order valence-corrected chi connectivity index (χ3v) is 3.02. The first-order chi connectivity index (χ1) is 9.70. The maximum Gasteiger partial charge on any atom is 0.322 e. The molecule has 20 heavy (non-hydrogen) atoms. The lowest BCUT2D eigenvalue weighted by atomic mass is 10.3. The van der Waals surface area contributed by atoms with Gasteiger partial charge < -0.3 is 13.9 Å². The molecule has 8 nitrogen and oxygen atoms in total. The van der Waals surface area contributed by atoms with E-state index in [1.807, 2.05) is 4.90 Å². The summed E-state index contributed by atoms with van der Waals surface area (Å²) >= 11 is 0. The molecule has 0 radical (unpaired) electrons. The Bertz CT molecular complexity index is 580. The number of amides is 1. The SMILES string of the molecule is O=C(CN1CCC(O)C1)Nc1nnc(-c2ccco2)o1. The second-order valence-electron chi connectivity index (χ2n) is 4.62. The molecule has 3 heterocycles. The smallest absolute Gasteiger partial charge is 0.322 e. The predicted octanol–water partition coefficient (Wildman–Crippen LogP) is 0.335. The number of nitrogens with one attached hydrogen (secondary N) is 1. The molecule has 0 aromatic carbocycles. The maximum atomic E-state index is 11.8. The van der Waals surface area contributed by atoms with Gasteiger partial charge in [-0.25, -0.2) is 0 Å². The fraction of sp³-hybridized carbons (Fsp3) is 0.417. The first-order valence-electron chi connectivity index (χ1n) is 6.28. The van der Waals surface area contributed by atoms with Crippen molar-refractivity contribution in [2.24, 2.45) is 0 Å². The predicted molar refractivity (Wildman–Crippen MR) is 67.7 cm³/mol. The van der Waals surface area contributed by atoms with Gasteiger partial charge in [0.05, 0.1) is 18.9 Å². The normalized spacial score (nSPS) is 19.4. The summed E-state index contributed by atoms with van der Waals surface area (Å²) in [6, 6.07) is 3.42. The molecule has 1 fully saturated rings. The number of anilines is 1. The van der Waals surface area contributed by atoms with Gasteiger partial charge in [-0.05, 0) is 18.6 Å². The number of β-amino-alcohol motifs (C(OH)–C–C–N with tert-alkyl or cyclic N) is 1. The average molecular weight is 278 g/mol. The van der Waals surface area contributed by atoms with E-state index in [9.17, 15) is 9.90 Å². The molecular weight excluding hydrogens is 264 g/mol. The summed E-state index contributed by atoms with van der Waals surface area (Å²) in [7, 11) is 0. The van der Waals surface area contributed by atoms with Crippen LogP contribution in [0.15, 0.2) is 27.2 Å². The quantitative estimate of drug-likeness (QED) is 0.830. The fourth-order valence-corrected chi connectivity index (χ4v) is 2.09. The van der Waals surface area contributed by atoms with E-state index in [4.69, 9.17) is 8.83 Å². The number of aliphatic hydroxyl groups excluding tert-OH is 1. The van der Waals surface area contributed by atoms with Crippen LogP contribution in [0.2, 0.25) is 0 Å². The van der Waals surface area contributed by atoms with Crippen LogP contribution in [0.3, 0.4) is 0 Å². The van der Waals surface area contributed by atoms with Gasteiger partial charge in [0.25, 0.3) is 5.89 Å². The van der Waals surface area contributed by atoms with Crippen LogP contribution in [0.25, 0.3) is 11.7 Å². The van der Waals surface area contributed by atoms with Gasteiger partial charge in [-0.1, -0.05) is 5.10 Å². The minimum Gasteiger partial charge on any atom is -0.459 e. The highest BCUT2D eigenvalue weighted by atomic mass is 16.4. The lowest BCUT2D eigenvalue weighted by molar-refractivity contribution is -0.117. The lowest BCUT2D eigenvalue weighted by Gasteiger charge is -2.12. The molecule has 2 aromatic heterocycles. The zero-order valence-electron chi connectivity index (χ0n) is 10.7. The van der Waals surface area contributed by atoms with Crippen LogP contribution in [-0.2, 0) is 4.79 Å². The summed E-state index contributed by atoms with van der Waals surface area (Å²) in [6.45, 7) is 1.40. The monoisotopic (exact) mass is 278 g/mol. The van der Waals surface area contributed by atoms with E-state index in [2.05, 4.69) is 15.5 Å². The van der Waals surface area contributed by atoms with Crippen molar-refractivity contribution in [3.63, 3.8) is 0 Å². The maximum absolute atomic E-state index is 11.8. The van der Waals surface area contributed by atoms with Gasteiger partial charge in [0.15, 0.2) is 5.76 Å². The van der Waals surface area contributed by atoms with Crippen LogP contribution in [-0.4, -0.2) is 51.8 Å². The summed E-state index contributed by atoms with van der Waals surface area (Å²) < 4.78 is 10.4. The summed E-state index contributed by atoms with van der Waals surface area (Å²) in [5.41, 5.74) is 0. The molecule has 106 valence electrons. The van der Waals surface area contributed by atoms with E-state index in [-0.39, 0.29) is 30.5 Å². The van der Waals surface area contributed by atoms with E-state index in [0.29, 0.717) is 25.3 Å². The van der Waals surface area contributed by atoms with Crippen molar-refractivity contribution in [1.82, 2.24) is 15.1 Å². The molecule has 1 aliphatic rings. The number of rotatable bonds is 4. The molecule has 0 spiro atoms. The Balaban J connectivity index is 1.56. The van der Waals surface area contributed by atoms with Crippen LogP contribution in [0, 0.1) is 0 Å². The molecule has 0 bridgehead atoms. The third-order valence-electron chi connectivity index (χ3n) is 3.02. The van der Waals surface area contributed by atoms with Gasteiger partial charge in [-0.2, -0.15) is 0 Å². The summed E-state index contributed by atoms with van der Waals surface area (Å²) in [5, 5.41) is 19.4. The van der Waals surface area contributed by atoms with Crippen LogP contribution in [0.4, 0.5) is 6.01 Å². The van der Waals surface area contributed by atoms with Crippen molar-refractivity contribution >= 4 is 11.9 Å². The summed E-state index contributed by atoms with van der Waals surface area (Å²) in [6.07, 6.45) is 1.84. The lowest BCUT2D eigenvalue weighted by Crippen LogP contribution is -2.32. The number of nitrogens with zero attached hydrogens (tertiary/aromatic N) is 3. The molecule has 2 N–H and O–H groups in total. The molecule has 1 saturated heterocycles. The zero-order valence-corrected chi connectivity index (χ0v) is 10.7. The van der Waals surface area contributed by atoms with E-state index >= 15 is 0 Å². The number of aliphatic hydroxyl groups is 1. The van der Waals surface area contributed by atoms with Gasteiger partial charge in [-0.3, -0.25) is 15.0 Å². The van der Waals surface area contributed by atoms with Crippen LogP contribution in [0.5, 0.6) is 0 Å². The number of hydrogen-bond donors (Lipinski definition) is 2. The zero-order chi connectivity index (χ0) is 13.9. The molecule has 0 saturated carbocycles. The molecule has 1 aliphatic heterocycles. The van der Waals surface area contributed by atoms with E-state index in [0.717, 1.165) is 0 Å².